The fourth-order valence-electron chi connectivity index (χ4n) is 2.10. The number of carbonyl (C=O) groups is 1. The summed E-state index contributed by atoms with van der Waals surface area (Å²) in [5, 5.41) is 16.1. The van der Waals surface area contributed by atoms with Gasteiger partial charge in [0.25, 0.3) is 5.91 Å². The maximum Gasteiger partial charge on any atom is 0.251 e. The SMILES string of the molecule is CC(C)(C)C(CCO)NC(=O)c1ccnc(-n2cncn2)c1. The summed E-state index contributed by atoms with van der Waals surface area (Å²) in [6.07, 6.45) is 5.00. The molecule has 2 N–H and O–H groups in total. The van der Waals surface area contributed by atoms with Crippen molar-refractivity contribution in [3.8, 4) is 5.82 Å². The van der Waals surface area contributed by atoms with Crippen molar-refractivity contribution >= 4 is 5.91 Å². The van der Waals surface area contributed by atoms with Crippen LogP contribution >= 0.6 is 0 Å². The fourth-order valence-corrected chi connectivity index (χ4v) is 2.10. The summed E-state index contributed by atoms with van der Waals surface area (Å²) in [4.78, 5) is 20.5. The highest BCUT2D eigenvalue weighted by Crippen LogP contribution is 2.22. The Kier molecular flexibility index (Phi) is 4.87. The first-order chi connectivity index (χ1) is 10.4. The number of aliphatic hydroxyl groups is 1. The predicted molar refractivity (Wildman–Crippen MR) is 81.6 cm³/mol. The first kappa shape index (κ1) is 16.1. The average molecular weight is 303 g/mol. The third-order valence-corrected chi connectivity index (χ3v) is 3.43. The van der Waals surface area contributed by atoms with Crippen LogP contribution in [0.5, 0.6) is 0 Å². The second kappa shape index (κ2) is 6.65. The smallest absolute Gasteiger partial charge is 0.251 e. The lowest BCUT2D eigenvalue weighted by Gasteiger charge is -2.31. The molecule has 7 heteroatoms. The topological polar surface area (TPSA) is 92.9 Å². The summed E-state index contributed by atoms with van der Waals surface area (Å²) in [5.41, 5.74) is 0.354. The Balaban J connectivity index is 2.17. The van der Waals surface area contributed by atoms with E-state index in [2.05, 4.69) is 20.4 Å². The lowest BCUT2D eigenvalue weighted by atomic mass is 9.85. The molecule has 0 saturated heterocycles. The van der Waals surface area contributed by atoms with Crippen LogP contribution in [0.3, 0.4) is 0 Å². The number of nitrogens with zero attached hydrogens (tertiary/aromatic N) is 4. The summed E-state index contributed by atoms with van der Waals surface area (Å²) in [6, 6.07) is 3.19. The molecule has 118 valence electrons. The van der Waals surface area contributed by atoms with Gasteiger partial charge in [-0.15, -0.1) is 0 Å². The number of aromatic nitrogens is 4. The van der Waals surface area contributed by atoms with Crippen LogP contribution in [0, 0.1) is 5.41 Å². The van der Waals surface area contributed by atoms with Gasteiger partial charge >= 0.3 is 0 Å². The number of hydrogen-bond acceptors (Lipinski definition) is 5. The highest BCUT2D eigenvalue weighted by molar-refractivity contribution is 5.94. The van der Waals surface area contributed by atoms with E-state index in [1.165, 1.54) is 17.3 Å². The minimum absolute atomic E-state index is 0.0305. The van der Waals surface area contributed by atoms with E-state index in [-0.39, 0.29) is 24.0 Å². The zero-order valence-corrected chi connectivity index (χ0v) is 13.0. The summed E-state index contributed by atoms with van der Waals surface area (Å²) < 4.78 is 1.49. The maximum absolute atomic E-state index is 12.4. The molecule has 0 aromatic carbocycles. The van der Waals surface area contributed by atoms with Gasteiger partial charge in [0.15, 0.2) is 5.82 Å². The standard InChI is InChI=1S/C15H21N5O2/c1-15(2,3)12(5-7-21)19-14(22)11-4-6-17-13(8-11)20-10-16-9-18-20/h4,6,8-10,12,21H,5,7H2,1-3H3,(H,19,22). The van der Waals surface area contributed by atoms with E-state index < -0.39 is 0 Å². The molecule has 0 saturated carbocycles. The van der Waals surface area contributed by atoms with Crippen LogP contribution in [0.25, 0.3) is 5.82 Å². The molecule has 0 aliphatic rings. The maximum atomic E-state index is 12.4. The molecule has 0 spiro atoms. The van der Waals surface area contributed by atoms with Gasteiger partial charge < -0.3 is 10.4 Å². The van der Waals surface area contributed by atoms with Crippen LogP contribution in [-0.2, 0) is 0 Å². The Labute approximate surface area is 129 Å². The number of nitrogens with one attached hydrogen (secondary N) is 1. The highest BCUT2D eigenvalue weighted by atomic mass is 16.3. The van der Waals surface area contributed by atoms with Gasteiger partial charge in [-0.25, -0.2) is 14.6 Å². The number of carbonyl (C=O) groups excluding carboxylic acids is 1. The van der Waals surface area contributed by atoms with E-state index >= 15 is 0 Å². The second-order valence-electron chi connectivity index (χ2n) is 6.15. The molecular formula is C15H21N5O2. The molecule has 0 radical (unpaired) electrons. The van der Waals surface area contributed by atoms with E-state index in [4.69, 9.17) is 0 Å². The van der Waals surface area contributed by atoms with Gasteiger partial charge in [-0.05, 0) is 24.0 Å². The van der Waals surface area contributed by atoms with Crippen molar-refractivity contribution in [3.63, 3.8) is 0 Å². The van der Waals surface area contributed by atoms with Crippen molar-refractivity contribution in [1.29, 1.82) is 0 Å². The van der Waals surface area contributed by atoms with Gasteiger partial charge in [0.1, 0.15) is 12.7 Å². The fraction of sp³-hybridized carbons (Fsp3) is 0.467. The third-order valence-electron chi connectivity index (χ3n) is 3.43. The molecule has 2 aromatic rings. The van der Waals surface area contributed by atoms with Crippen molar-refractivity contribution < 1.29 is 9.90 Å². The Bertz CT molecular complexity index is 619. The Morgan fingerprint density at radius 1 is 1.45 bits per heavy atom. The normalized spacial score (nSPS) is 12.9. The minimum Gasteiger partial charge on any atom is -0.396 e. The Morgan fingerprint density at radius 2 is 2.23 bits per heavy atom. The van der Waals surface area contributed by atoms with Gasteiger partial charge in [-0.2, -0.15) is 5.10 Å². The van der Waals surface area contributed by atoms with Gasteiger partial charge in [0.2, 0.25) is 0 Å². The summed E-state index contributed by atoms with van der Waals surface area (Å²) >= 11 is 0. The van der Waals surface area contributed by atoms with E-state index in [1.54, 1.807) is 18.3 Å². The third kappa shape index (κ3) is 3.88. The van der Waals surface area contributed by atoms with Crippen LogP contribution in [0.4, 0.5) is 0 Å². The highest BCUT2D eigenvalue weighted by Gasteiger charge is 2.26. The lowest BCUT2D eigenvalue weighted by Crippen LogP contribution is -2.44. The summed E-state index contributed by atoms with van der Waals surface area (Å²) in [5.74, 6) is 0.330. The number of aliphatic hydroxyl groups excluding tert-OH is 1. The molecular weight excluding hydrogens is 282 g/mol. The molecule has 22 heavy (non-hydrogen) atoms. The largest absolute Gasteiger partial charge is 0.396 e. The molecule has 0 bridgehead atoms. The van der Waals surface area contributed by atoms with Crippen LogP contribution in [-0.4, -0.2) is 43.4 Å². The first-order valence-corrected chi connectivity index (χ1v) is 7.14. The van der Waals surface area contributed by atoms with Crippen molar-refractivity contribution in [2.24, 2.45) is 5.41 Å². The lowest BCUT2D eigenvalue weighted by molar-refractivity contribution is 0.0885. The van der Waals surface area contributed by atoms with Gasteiger partial charge in [0.05, 0.1) is 0 Å². The monoisotopic (exact) mass is 303 g/mol. The zero-order valence-electron chi connectivity index (χ0n) is 13.0. The summed E-state index contributed by atoms with van der Waals surface area (Å²) in [7, 11) is 0. The number of hydrogen-bond donors (Lipinski definition) is 2. The van der Waals surface area contributed by atoms with Crippen molar-refractivity contribution in [3.05, 3.63) is 36.5 Å². The molecule has 2 rings (SSSR count). The van der Waals surface area contributed by atoms with Crippen molar-refractivity contribution in [1.82, 2.24) is 25.1 Å². The van der Waals surface area contributed by atoms with Crippen LogP contribution in [0.2, 0.25) is 0 Å². The zero-order chi connectivity index (χ0) is 16.2. The average Bonchev–Trinajstić information content (AvgIpc) is 3.00. The minimum atomic E-state index is -0.197. The van der Waals surface area contributed by atoms with Gasteiger partial charge in [0, 0.05) is 24.4 Å². The molecule has 1 unspecified atom stereocenters. The first-order valence-electron chi connectivity index (χ1n) is 7.14. The van der Waals surface area contributed by atoms with E-state index in [0.29, 0.717) is 17.8 Å². The molecule has 2 aromatic heterocycles. The van der Waals surface area contributed by atoms with Crippen LogP contribution in [0.1, 0.15) is 37.6 Å². The Hall–Kier alpha value is -2.28. The van der Waals surface area contributed by atoms with Gasteiger partial charge in [-0.1, -0.05) is 20.8 Å². The quantitative estimate of drug-likeness (QED) is 0.865. The van der Waals surface area contributed by atoms with Gasteiger partial charge in [-0.3, -0.25) is 4.79 Å². The molecule has 2 heterocycles. The molecule has 0 fully saturated rings. The van der Waals surface area contributed by atoms with E-state index in [0.717, 1.165) is 0 Å². The number of rotatable bonds is 5. The molecule has 0 aliphatic heterocycles. The van der Waals surface area contributed by atoms with E-state index in [9.17, 15) is 9.90 Å². The molecule has 1 atom stereocenters. The van der Waals surface area contributed by atoms with Crippen molar-refractivity contribution in [2.75, 3.05) is 6.61 Å². The Morgan fingerprint density at radius 3 is 2.82 bits per heavy atom. The van der Waals surface area contributed by atoms with E-state index in [1.807, 2.05) is 20.8 Å². The van der Waals surface area contributed by atoms with Crippen LogP contribution in [0.15, 0.2) is 31.0 Å². The van der Waals surface area contributed by atoms with Crippen molar-refractivity contribution in [2.45, 2.75) is 33.2 Å². The second-order valence-corrected chi connectivity index (χ2v) is 6.15. The predicted octanol–water partition coefficient (Wildman–Crippen LogP) is 1.19. The number of amides is 1. The number of pyridine rings is 1. The summed E-state index contributed by atoms with van der Waals surface area (Å²) in [6.45, 7) is 6.12. The molecule has 0 aliphatic carbocycles. The molecule has 1 amide bonds. The molecule has 7 nitrogen and oxygen atoms in total. The van der Waals surface area contributed by atoms with Crippen LogP contribution < -0.4 is 5.32 Å².